The van der Waals surface area contributed by atoms with E-state index in [0.717, 1.165) is 6.42 Å². The molecule has 0 radical (unpaired) electrons. The Kier molecular flexibility index (Phi) is 6.28. The van der Waals surface area contributed by atoms with Crippen LogP contribution in [0.25, 0.3) is 0 Å². The van der Waals surface area contributed by atoms with Crippen molar-refractivity contribution in [1.82, 2.24) is 5.32 Å². The van der Waals surface area contributed by atoms with Crippen molar-refractivity contribution in [2.24, 2.45) is 0 Å². The number of carbonyl (C=O) groups is 2. The number of rotatable bonds is 6. The molecule has 0 spiro atoms. The minimum atomic E-state index is -0.168. The number of ether oxygens (including phenoxy) is 1. The molecule has 1 amide bonds. The third kappa shape index (κ3) is 7.21. The van der Waals surface area contributed by atoms with Crippen molar-refractivity contribution in [1.29, 1.82) is 0 Å². The van der Waals surface area contributed by atoms with Crippen molar-refractivity contribution in [2.45, 2.75) is 20.3 Å². The summed E-state index contributed by atoms with van der Waals surface area (Å²) in [6.45, 7) is 4.03. The second-order valence-corrected chi connectivity index (χ2v) is 2.54. The Morgan fingerprint density at radius 1 is 1.33 bits per heavy atom. The zero-order chi connectivity index (χ0) is 9.40. The maximum absolute atomic E-state index is 10.8. The Morgan fingerprint density at radius 2 is 2.00 bits per heavy atom. The summed E-state index contributed by atoms with van der Waals surface area (Å²) in [6.07, 6.45) is 0.901. The van der Waals surface area contributed by atoms with Gasteiger partial charge in [0.05, 0.1) is 0 Å². The fraction of sp³-hybridized carbons (Fsp3) is 0.750. The minimum absolute atomic E-state index is 0.0134. The molecule has 0 saturated heterocycles. The molecule has 70 valence electrons. The maximum Gasteiger partial charge on any atom is 0.246 e. The smallest absolute Gasteiger partial charge is 0.246 e. The standard InChI is InChI=1S/C8H15NO3/c1-3-4-9-8(11)6-12-5-7(2)10/h3-6H2,1-2H3,(H,9,11). The van der Waals surface area contributed by atoms with Crippen molar-refractivity contribution in [3.8, 4) is 0 Å². The maximum atomic E-state index is 10.8. The first kappa shape index (κ1) is 11.1. The number of hydrogen-bond acceptors (Lipinski definition) is 3. The summed E-state index contributed by atoms with van der Waals surface area (Å²) in [5.74, 6) is -0.239. The highest BCUT2D eigenvalue weighted by atomic mass is 16.5. The van der Waals surface area contributed by atoms with Gasteiger partial charge in [-0.1, -0.05) is 6.92 Å². The number of nitrogens with one attached hydrogen (secondary N) is 1. The van der Waals surface area contributed by atoms with Crippen LogP contribution in [0.4, 0.5) is 0 Å². The second-order valence-electron chi connectivity index (χ2n) is 2.54. The number of ketones is 1. The zero-order valence-corrected chi connectivity index (χ0v) is 7.55. The molecule has 0 bridgehead atoms. The van der Waals surface area contributed by atoms with Crippen LogP contribution in [-0.4, -0.2) is 31.4 Å². The van der Waals surface area contributed by atoms with Gasteiger partial charge in [0.15, 0.2) is 5.78 Å². The van der Waals surface area contributed by atoms with Gasteiger partial charge in [0, 0.05) is 6.54 Å². The van der Waals surface area contributed by atoms with E-state index >= 15 is 0 Å². The topological polar surface area (TPSA) is 55.4 Å². The molecule has 0 aliphatic rings. The van der Waals surface area contributed by atoms with Crippen LogP contribution in [0.2, 0.25) is 0 Å². The molecule has 0 rings (SSSR count). The van der Waals surface area contributed by atoms with Gasteiger partial charge in [-0.2, -0.15) is 0 Å². The summed E-state index contributed by atoms with van der Waals surface area (Å²) in [5, 5.41) is 2.63. The van der Waals surface area contributed by atoms with Crippen LogP contribution in [0.1, 0.15) is 20.3 Å². The van der Waals surface area contributed by atoms with Crippen molar-refractivity contribution in [3.05, 3.63) is 0 Å². The Labute approximate surface area is 72.3 Å². The van der Waals surface area contributed by atoms with Crippen LogP contribution in [0.3, 0.4) is 0 Å². The summed E-state index contributed by atoms with van der Waals surface area (Å²) in [5.41, 5.74) is 0. The van der Waals surface area contributed by atoms with Gasteiger partial charge in [-0.15, -0.1) is 0 Å². The van der Waals surface area contributed by atoms with Crippen molar-refractivity contribution in [3.63, 3.8) is 0 Å². The van der Waals surface area contributed by atoms with Crippen LogP contribution >= 0.6 is 0 Å². The first-order chi connectivity index (χ1) is 5.66. The lowest BCUT2D eigenvalue weighted by molar-refractivity contribution is -0.129. The summed E-state index contributed by atoms with van der Waals surface area (Å²) in [4.78, 5) is 21.2. The van der Waals surface area contributed by atoms with Gasteiger partial charge in [-0.3, -0.25) is 9.59 Å². The number of carbonyl (C=O) groups excluding carboxylic acids is 2. The molecule has 4 heteroatoms. The monoisotopic (exact) mass is 173 g/mol. The molecule has 0 aliphatic carbocycles. The van der Waals surface area contributed by atoms with E-state index < -0.39 is 0 Å². The third-order valence-electron chi connectivity index (χ3n) is 1.11. The predicted octanol–water partition coefficient (Wildman–Crippen LogP) is 0.118. The molecule has 0 unspecified atom stereocenters. The summed E-state index contributed by atoms with van der Waals surface area (Å²) in [7, 11) is 0. The first-order valence-corrected chi connectivity index (χ1v) is 4.00. The molecule has 0 aliphatic heterocycles. The second kappa shape index (κ2) is 6.79. The lowest BCUT2D eigenvalue weighted by Crippen LogP contribution is -2.28. The average molecular weight is 173 g/mol. The molecule has 0 fully saturated rings. The van der Waals surface area contributed by atoms with Crippen LogP contribution in [0.15, 0.2) is 0 Å². The molecule has 0 heterocycles. The fourth-order valence-corrected chi connectivity index (χ4v) is 0.603. The van der Waals surface area contributed by atoms with Crippen LogP contribution < -0.4 is 5.32 Å². The predicted molar refractivity (Wildman–Crippen MR) is 44.8 cm³/mol. The van der Waals surface area contributed by atoms with Crippen LogP contribution in [-0.2, 0) is 14.3 Å². The zero-order valence-electron chi connectivity index (χ0n) is 7.55. The highest BCUT2D eigenvalue weighted by Gasteiger charge is 2.00. The van der Waals surface area contributed by atoms with E-state index in [4.69, 9.17) is 4.74 Å². The van der Waals surface area contributed by atoms with E-state index in [1.54, 1.807) is 0 Å². The molecule has 0 atom stereocenters. The Morgan fingerprint density at radius 3 is 2.50 bits per heavy atom. The van der Waals surface area contributed by atoms with Gasteiger partial charge in [0.2, 0.25) is 5.91 Å². The fourth-order valence-electron chi connectivity index (χ4n) is 0.603. The molecular weight excluding hydrogens is 158 g/mol. The van der Waals surface area contributed by atoms with Crippen molar-refractivity contribution >= 4 is 11.7 Å². The SMILES string of the molecule is CCCNC(=O)COCC(C)=O. The van der Waals surface area contributed by atoms with Gasteiger partial charge in [-0.05, 0) is 13.3 Å². The molecule has 0 aromatic heterocycles. The highest BCUT2D eigenvalue weighted by Crippen LogP contribution is 1.78. The van der Waals surface area contributed by atoms with E-state index in [2.05, 4.69) is 5.32 Å². The Balaban J connectivity index is 3.25. The normalized spacial score (nSPS) is 9.50. The lowest BCUT2D eigenvalue weighted by atomic mass is 10.4. The van der Waals surface area contributed by atoms with E-state index in [1.807, 2.05) is 6.92 Å². The molecular formula is C8H15NO3. The number of Topliss-reactive ketones (excluding diaryl/α,β-unsaturated/α-hetero) is 1. The molecule has 0 saturated carbocycles. The summed E-state index contributed by atoms with van der Waals surface area (Å²) >= 11 is 0. The van der Waals surface area contributed by atoms with Crippen molar-refractivity contribution in [2.75, 3.05) is 19.8 Å². The van der Waals surface area contributed by atoms with E-state index in [-0.39, 0.29) is 24.9 Å². The molecule has 12 heavy (non-hydrogen) atoms. The lowest BCUT2D eigenvalue weighted by Gasteiger charge is -2.02. The van der Waals surface area contributed by atoms with Gasteiger partial charge in [0.25, 0.3) is 0 Å². The molecule has 0 aromatic carbocycles. The van der Waals surface area contributed by atoms with Gasteiger partial charge < -0.3 is 10.1 Å². The number of hydrogen-bond donors (Lipinski definition) is 1. The highest BCUT2D eigenvalue weighted by molar-refractivity contribution is 5.79. The largest absolute Gasteiger partial charge is 0.364 e. The molecule has 0 aromatic rings. The molecule has 4 nitrogen and oxygen atoms in total. The van der Waals surface area contributed by atoms with Gasteiger partial charge in [0.1, 0.15) is 13.2 Å². The Hall–Kier alpha value is -0.900. The average Bonchev–Trinajstić information content (AvgIpc) is 2.00. The van der Waals surface area contributed by atoms with Gasteiger partial charge in [-0.25, -0.2) is 0 Å². The van der Waals surface area contributed by atoms with Crippen LogP contribution in [0.5, 0.6) is 0 Å². The first-order valence-electron chi connectivity index (χ1n) is 4.00. The van der Waals surface area contributed by atoms with E-state index in [9.17, 15) is 9.59 Å². The quantitative estimate of drug-likeness (QED) is 0.620. The molecule has 1 N–H and O–H groups in total. The summed E-state index contributed by atoms with van der Waals surface area (Å²) < 4.78 is 4.79. The minimum Gasteiger partial charge on any atom is -0.364 e. The van der Waals surface area contributed by atoms with Gasteiger partial charge >= 0.3 is 0 Å². The van der Waals surface area contributed by atoms with E-state index in [1.165, 1.54) is 6.92 Å². The van der Waals surface area contributed by atoms with E-state index in [0.29, 0.717) is 6.54 Å². The summed E-state index contributed by atoms with van der Waals surface area (Å²) in [6, 6.07) is 0. The third-order valence-corrected chi connectivity index (χ3v) is 1.11. The van der Waals surface area contributed by atoms with Crippen LogP contribution in [0, 0.1) is 0 Å². The number of amides is 1. The van der Waals surface area contributed by atoms with Crippen molar-refractivity contribution < 1.29 is 14.3 Å². The Bertz CT molecular complexity index is 156.